The molecule has 1 heterocycles. The number of rotatable bonds is 6. The zero-order valence-electron chi connectivity index (χ0n) is 13.0. The van der Waals surface area contributed by atoms with Gasteiger partial charge in [0.15, 0.2) is 17.5 Å². The number of hydrogen-bond acceptors (Lipinski definition) is 8. The summed E-state index contributed by atoms with van der Waals surface area (Å²) in [6.07, 6.45) is -0.480. The van der Waals surface area contributed by atoms with Gasteiger partial charge in [-0.2, -0.15) is 0 Å². The molecule has 4 atom stereocenters. The Morgan fingerprint density at radius 3 is 2.36 bits per heavy atom. The van der Waals surface area contributed by atoms with Crippen molar-refractivity contribution in [2.24, 2.45) is 11.8 Å². The Balaban J connectivity index is 3.14. The molecule has 1 aliphatic rings. The summed E-state index contributed by atoms with van der Waals surface area (Å²) in [5.74, 6) is -4.17. The molecule has 0 spiro atoms. The first-order valence-electron chi connectivity index (χ1n) is 6.70. The van der Waals surface area contributed by atoms with E-state index < -0.39 is 47.4 Å². The van der Waals surface area contributed by atoms with Gasteiger partial charge in [-0.3, -0.25) is 19.2 Å². The second-order valence-corrected chi connectivity index (χ2v) is 5.58. The van der Waals surface area contributed by atoms with Crippen LogP contribution in [0.3, 0.4) is 0 Å². The molecule has 0 aliphatic carbocycles. The number of methoxy groups -OCH3 is 2. The lowest BCUT2D eigenvalue weighted by atomic mass is 9.71. The minimum atomic E-state index is -2.24. The van der Waals surface area contributed by atoms with E-state index in [1.54, 1.807) is 0 Å². The molecule has 0 radical (unpaired) electrons. The highest BCUT2D eigenvalue weighted by Gasteiger charge is 2.66. The van der Waals surface area contributed by atoms with Crippen LogP contribution in [0.5, 0.6) is 0 Å². The van der Waals surface area contributed by atoms with Gasteiger partial charge in [-0.15, -0.1) is 0 Å². The molecular weight excluding hydrogens is 296 g/mol. The molecule has 0 aromatic heterocycles. The van der Waals surface area contributed by atoms with Crippen molar-refractivity contribution in [1.29, 1.82) is 0 Å². The van der Waals surface area contributed by atoms with Gasteiger partial charge in [-0.05, 0) is 12.8 Å². The number of carbonyl (C=O) groups is 4. The van der Waals surface area contributed by atoms with Gasteiger partial charge in [0, 0.05) is 6.42 Å². The normalized spacial score (nSPS) is 32.0. The van der Waals surface area contributed by atoms with Crippen molar-refractivity contribution in [3.05, 3.63) is 0 Å². The van der Waals surface area contributed by atoms with Crippen molar-refractivity contribution in [3.63, 3.8) is 0 Å². The number of esters is 3. The van der Waals surface area contributed by atoms with E-state index in [4.69, 9.17) is 4.74 Å². The highest BCUT2D eigenvalue weighted by atomic mass is 16.6. The lowest BCUT2D eigenvalue weighted by molar-refractivity contribution is -0.168. The summed E-state index contributed by atoms with van der Waals surface area (Å²) in [6.45, 7) is 2.79. The third-order valence-electron chi connectivity index (χ3n) is 4.08. The van der Waals surface area contributed by atoms with Crippen LogP contribution in [0.4, 0.5) is 0 Å². The molecule has 22 heavy (non-hydrogen) atoms. The van der Waals surface area contributed by atoms with E-state index in [0.717, 1.165) is 7.11 Å². The van der Waals surface area contributed by atoms with Crippen LogP contribution in [0.2, 0.25) is 0 Å². The molecule has 0 saturated carbocycles. The van der Waals surface area contributed by atoms with Crippen LogP contribution < -0.4 is 0 Å². The van der Waals surface area contributed by atoms with Crippen LogP contribution in [0.1, 0.15) is 26.7 Å². The third-order valence-corrected chi connectivity index (χ3v) is 4.08. The lowest BCUT2D eigenvalue weighted by Crippen LogP contribution is -2.56. The molecule has 124 valence electrons. The summed E-state index contributed by atoms with van der Waals surface area (Å²) in [7, 11) is 2.33. The Morgan fingerprint density at radius 1 is 1.36 bits per heavy atom. The van der Waals surface area contributed by atoms with Crippen LogP contribution in [0.15, 0.2) is 0 Å². The molecule has 8 nitrogen and oxygen atoms in total. The van der Waals surface area contributed by atoms with Gasteiger partial charge in [0.25, 0.3) is 0 Å². The van der Waals surface area contributed by atoms with Gasteiger partial charge in [0.2, 0.25) is 0 Å². The van der Waals surface area contributed by atoms with E-state index in [9.17, 15) is 24.3 Å². The second-order valence-electron chi connectivity index (χ2n) is 5.58. The fourth-order valence-electron chi connectivity index (χ4n) is 2.73. The first-order valence-corrected chi connectivity index (χ1v) is 6.70. The molecule has 0 amide bonds. The van der Waals surface area contributed by atoms with E-state index in [1.807, 2.05) is 0 Å². The van der Waals surface area contributed by atoms with Gasteiger partial charge in [-0.25, -0.2) is 0 Å². The number of ether oxygens (including phenoxy) is 3. The number of cyclic esters (lactones) is 1. The zero-order valence-corrected chi connectivity index (χ0v) is 13.0. The van der Waals surface area contributed by atoms with Crippen LogP contribution in [-0.4, -0.2) is 54.7 Å². The summed E-state index contributed by atoms with van der Waals surface area (Å²) in [6, 6.07) is 0. The first-order chi connectivity index (χ1) is 10.1. The summed E-state index contributed by atoms with van der Waals surface area (Å²) in [5.41, 5.74) is -4.00. The minimum Gasteiger partial charge on any atom is -0.469 e. The van der Waals surface area contributed by atoms with Crippen molar-refractivity contribution >= 4 is 24.2 Å². The molecular formula is C14H20O8. The van der Waals surface area contributed by atoms with Gasteiger partial charge >= 0.3 is 17.9 Å². The average Bonchev–Trinajstić information content (AvgIpc) is 2.65. The minimum absolute atomic E-state index is 0.180. The van der Waals surface area contributed by atoms with Crippen LogP contribution in [-0.2, 0) is 33.4 Å². The smallest absolute Gasteiger partial charge is 0.313 e. The van der Waals surface area contributed by atoms with Crippen LogP contribution >= 0.6 is 0 Å². The number of hydrogen-bond donors (Lipinski definition) is 1. The van der Waals surface area contributed by atoms with E-state index >= 15 is 0 Å². The van der Waals surface area contributed by atoms with E-state index in [1.165, 1.54) is 21.0 Å². The molecule has 1 fully saturated rings. The largest absolute Gasteiger partial charge is 0.469 e. The van der Waals surface area contributed by atoms with Gasteiger partial charge in [0.05, 0.1) is 26.6 Å². The van der Waals surface area contributed by atoms with Crippen molar-refractivity contribution in [1.82, 2.24) is 0 Å². The average molecular weight is 316 g/mol. The Morgan fingerprint density at radius 2 is 1.91 bits per heavy atom. The van der Waals surface area contributed by atoms with Crippen molar-refractivity contribution in [3.8, 4) is 0 Å². The van der Waals surface area contributed by atoms with E-state index in [0.29, 0.717) is 0 Å². The molecule has 8 heteroatoms. The molecule has 1 N–H and O–H groups in total. The van der Waals surface area contributed by atoms with Crippen LogP contribution in [0.25, 0.3) is 0 Å². The van der Waals surface area contributed by atoms with Gasteiger partial charge < -0.3 is 19.3 Å². The van der Waals surface area contributed by atoms with E-state index in [-0.39, 0.29) is 12.7 Å². The van der Waals surface area contributed by atoms with Crippen LogP contribution in [0, 0.1) is 11.8 Å². The molecule has 1 rings (SSSR count). The van der Waals surface area contributed by atoms with Crippen molar-refractivity contribution in [2.75, 3.05) is 14.2 Å². The van der Waals surface area contributed by atoms with E-state index in [2.05, 4.69) is 9.47 Å². The Bertz CT molecular complexity index is 487. The Labute approximate surface area is 127 Å². The SMILES string of the molecule is COC(=O)CC(C)C1C(=O)OC(C)(CC(=O)OC)C1(O)C=O. The second kappa shape index (κ2) is 6.43. The summed E-state index contributed by atoms with van der Waals surface area (Å²) < 4.78 is 14.1. The number of carbonyl (C=O) groups excluding carboxylic acids is 4. The van der Waals surface area contributed by atoms with Gasteiger partial charge in [-0.1, -0.05) is 6.92 Å². The fraction of sp³-hybridized carbons (Fsp3) is 0.714. The number of aliphatic hydroxyl groups is 1. The molecule has 4 unspecified atom stereocenters. The summed E-state index contributed by atoms with van der Waals surface area (Å²) in [5, 5.41) is 10.7. The predicted octanol–water partition coefficient (Wildman–Crippen LogP) is -0.390. The maximum atomic E-state index is 12.1. The molecule has 0 bridgehead atoms. The summed E-state index contributed by atoms with van der Waals surface area (Å²) >= 11 is 0. The standard InChI is InChI=1S/C14H20O8/c1-8(5-9(16)20-3)11-12(18)22-13(2,6-10(17)21-4)14(11,19)7-15/h7-8,11,19H,5-6H2,1-4H3. The quantitative estimate of drug-likeness (QED) is 0.400. The highest BCUT2D eigenvalue weighted by molar-refractivity contribution is 5.88. The lowest BCUT2D eigenvalue weighted by Gasteiger charge is -2.35. The molecule has 1 aliphatic heterocycles. The van der Waals surface area contributed by atoms with Gasteiger partial charge in [0.1, 0.15) is 0 Å². The Hall–Kier alpha value is -1.96. The summed E-state index contributed by atoms with van der Waals surface area (Å²) in [4.78, 5) is 46.4. The first kappa shape index (κ1) is 18.1. The highest BCUT2D eigenvalue weighted by Crippen LogP contribution is 2.46. The predicted molar refractivity (Wildman–Crippen MR) is 71.4 cm³/mol. The van der Waals surface area contributed by atoms with Crippen molar-refractivity contribution in [2.45, 2.75) is 37.9 Å². The zero-order chi connectivity index (χ0) is 17.1. The Kier molecular flexibility index (Phi) is 5.29. The fourth-order valence-corrected chi connectivity index (χ4v) is 2.73. The molecule has 1 saturated heterocycles. The maximum absolute atomic E-state index is 12.1. The van der Waals surface area contributed by atoms with Crippen molar-refractivity contribution < 1.29 is 38.5 Å². The maximum Gasteiger partial charge on any atom is 0.313 e. The number of aldehydes is 1. The monoisotopic (exact) mass is 316 g/mol. The third kappa shape index (κ3) is 2.96. The molecule has 0 aromatic carbocycles. The topological polar surface area (TPSA) is 116 Å². The molecule has 0 aromatic rings.